The third kappa shape index (κ3) is 4.25. The van der Waals surface area contributed by atoms with Crippen LogP contribution in [0.25, 0.3) is 10.9 Å². The molecule has 0 aliphatic carbocycles. The molecule has 0 fully saturated rings. The Morgan fingerprint density at radius 2 is 1.63 bits per heavy atom. The summed E-state index contributed by atoms with van der Waals surface area (Å²) in [4.78, 5) is 41.6. The van der Waals surface area contributed by atoms with Crippen LogP contribution in [0.2, 0.25) is 0 Å². The van der Waals surface area contributed by atoms with Crippen molar-refractivity contribution in [1.82, 2.24) is 9.55 Å². The number of benzene rings is 2. The summed E-state index contributed by atoms with van der Waals surface area (Å²) in [5, 5.41) is 0.494. The number of ether oxygens (including phenoxy) is 2. The van der Waals surface area contributed by atoms with Crippen LogP contribution in [0.15, 0.2) is 53.3 Å². The van der Waals surface area contributed by atoms with Crippen LogP contribution in [0.5, 0.6) is 0 Å². The van der Waals surface area contributed by atoms with Crippen molar-refractivity contribution in [2.75, 3.05) is 13.2 Å². The van der Waals surface area contributed by atoms with Crippen LogP contribution in [0.1, 0.15) is 45.8 Å². The van der Waals surface area contributed by atoms with Gasteiger partial charge >= 0.3 is 11.9 Å². The molecule has 2 heterocycles. The van der Waals surface area contributed by atoms with E-state index in [4.69, 9.17) is 9.47 Å². The Morgan fingerprint density at radius 1 is 0.900 bits per heavy atom. The maximum atomic E-state index is 12.8. The van der Waals surface area contributed by atoms with Crippen molar-refractivity contribution in [3.05, 3.63) is 75.8 Å². The van der Waals surface area contributed by atoms with Gasteiger partial charge in [-0.2, -0.15) is 0 Å². The van der Waals surface area contributed by atoms with Crippen molar-refractivity contribution in [1.29, 1.82) is 0 Å². The smallest absolute Gasteiger partial charge is 0.338 e. The van der Waals surface area contributed by atoms with E-state index >= 15 is 0 Å². The number of esters is 2. The van der Waals surface area contributed by atoms with Gasteiger partial charge in [0.1, 0.15) is 19.0 Å². The van der Waals surface area contributed by atoms with E-state index in [-0.39, 0.29) is 18.8 Å². The summed E-state index contributed by atoms with van der Waals surface area (Å²) in [6.45, 7) is 0.582. The van der Waals surface area contributed by atoms with Gasteiger partial charge in [-0.1, -0.05) is 24.6 Å². The minimum atomic E-state index is -0.551. The molecule has 1 aliphatic rings. The fourth-order valence-electron chi connectivity index (χ4n) is 3.55. The zero-order valence-corrected chi connectivity index (χ0v) is 16.5. The molecule has 7 nitrogen and oxygen atoms in total. The molecule has 0 unspecified atom stereocenters. The maximum Gasteiger partial charge on any atom is 0.338 e. The highest BCUT2D eigenvalue weighted by Gasteiger charge is 2.16. The predicted molar refractivity (Wildman–Crippen MR) is 111 cm³/mol. The number of carbonyl (C=O) groups is 2. The second-order valence-corrected chi connectivity index (χ2v) is 7.17. The highest BCUT2D eigenvalue weighted by molar-refractivity contribution is 5.94. The van der Waals surface area contributed by atoms with Crippen LogP contribution in [0.4, 0.5) is 0 Å². The molecule has 1 aliphatic heterocycles. The van der Waals surface area contributed by atoms with Gasteiger partial charge in [0.2, 0.25) is 0 Å². The molecule has 7 heteroatoms. The van der Waals surface area contributed by atoms with E-state index in [1.807, 2.05) is 6.07 Å². The number of hydrogen-bond acceptors (Lipinski definition) is 6. The lowest BCUT2D eigenvalue weighted by molar-refractivity contribution is 0.0266. The van der Waals surface area contributed by atoms with Gasteiger partial charge in [0.05, 0.1) is 22.0 Å². The van der Waals surface area contributed by atoms with E-state index < -0.39 is 11.9 Å². The summed E-state index contributed by atoms with van der Waals surface area (Å²) in [6.07, 6.45) is 3.80. The molecule has 30 heavy (non-hydrogen) atoms. The van der Waals surface area contributed by atoms with Gasteiger partial charge in [-0.05, 0) is 43.2 Å². The Morgan fingerprint density at radius 3 is 2.40 bits per heavy atom. The van der Waals surface area contributed by atoms with Crippen molar-refractivity contribution >= 4 is 22.8 Å². The van der Waals surface area contributed by atoms with E-state index in [1.165, 1.54) is 0 Å². The lowest BCUT2D eigenvalue weighted by atomic mass is 10.1. The molecule has 0 amide bonds. The average molecular weight is 406 g/mol. The fourth-order valence-corrected chi connectivity index (χ4v) is 3.55. The first kappa shape index (κ1) is 19.8. The molecule has 0 radical (unpaired) electrons. The highest BCUT2D eigenvalue weighted by atomic mass is 16.6. The zero-order chi connectivity index (χ0) is 20.9. The lowest BCUT2D eigenvalue weighted by Crippen LogP contribution is -2.24. The molecule has 3 aromatic rings. The molecule has 0 bridgehead atoms. The van der Waals surface area contributed by atoms with Crippen LogP contribution in [0, 0.1) is 0 Å². The summed E-state index contributed by atoms with van der Waals surface area (Å²) in [5.41, 5.74) is 1.18. The number of hydrogen-bond donors (Lipinski definition) is 0. The quantitative estimate of drug-likeness (QED) is 0.478. The van der Waals surface area contributed by atoms with E-state index in [0.29, 0.717) is 28.6 Å². The Labute approximate surface area is 173 Å². The van der Waals surface area contributed by atoms with Gasteiger partial charge in [0, 0.05) is 13.0 Å². The Kier molecular flexibility index (Phi) is 5.88. The first-order valence-corrected chi connectivity index (χ1v) is 10.1. The van der Waals surface area contributed by atoms with Gasteiger partial charge in [-0.25, -0.2) is 14.6 Å². The molecule has 0 atom stereocenters. The Hall–Kier alpha value is -3.48. The molecule has 154 valence electrons. The van der Waals surface area contributed by atoms with Gasteiger partial charge in [-0.3, -0.25) is 9.36 Å². The lowest BCUT2D eigenvalue weighted by Gasteiger charge is -2.11. The molecular weight excluding hydrogens is 384 g/mol. The SMILES string of the molecule is O=C(OCCOC(=O)c1ccc2c(=O)n3c(nc2c1)CCCCC3)c1ccccc1. The summed E-state index contributed by atoms with van der Waals surface area (Å²) < 4.78 is 12.0. The number of rotatable bonds is 5. The van der Waals surface area contributed by atoms with Gasteiger partial charge in [-0.15, -0.1) is 0 Å². The van der Waals surface area contributed by atoms with Crippen LogP contribution in [0.3, 0.4) is 0 Å². The maximum absolute atomic E-state index is 12.8. The predicted octanol–water partition coefficient (Wildman–Crippen LogP) is 3.14. The molecule has 4 rings (SSSR count). The average Bonchev–Trinajstić information content (AvgIpc) is 3.02. The zero-order valence-electron chi connectivity index (χ0n) is 16.5. The summed E-state index contributed by atoms with van der Waals surface area (Å²) in [6, 6.07) is 13.4. The van der Waals surface area contributed by atoms with E-state index in [9.17, 15) is 14.4 Å². The number of fused-ring (bicyclic) bond motifs is 2. The highest BCUT2D eigenvalue weighted by Crippen LogP contribution is 2.17. The Bertz CT molecular complexity index is 1140. The third-order valence-electron chi connectivity index (χ3n) is 5.11. The van der Waals surface area contributed by atoms with Gasteiger partial charge < -0.3 is 9.47 Å². The second kappa shape index (κ2) is 8.90. The van der Waals surface area contributed by atoms with E-state index in [0.717, 1.165) is 31.5 Å². The van der Waals surface area contributed by atoms with E-state index in [2.05, 4.69) is 4.98 Å². The minimum absolute atomic E-state index is 0.0415. The van der Waals surface area contributed by atoms with Crippen LogP contribution in [-0.2, 0) is 22.4 Å². The number of carbonyl (C=O) groups excluding carboxylic acids is 2. The number of aromatic nitrogens is 2. The second-order valence-electron chi connectivity index (χ2n) is 7.17. The topological polar surface area (TPSA) is 87.5 Å². The minimum Gasteiger partial charge on any atom is -0.458 e. The van der Waals surface area contributed by atoms with Crippen LogP contribution < -0.4 is 5.56 Å². The summed E-state index contributed by atoms with van der Waals surface area (Å²) in [5.74, 6) is -0.254. The third-order valence-corrected chi connectivity index (χ3v) is 5.11. The standard InChI is InChI=1S/C23H22N2O5/c26-21-18-11-10-17(15-19(18)24-20-9-5-2-6-12-25(20)21)23(28)30-14-13-29-22(27)16-7-3-1-4-8-16/h1,3-4,7-8,10-11,15H,2,5-6,9,12-14H2. The summed E-state index contributed by atoms with van der Waals surface area (Å²) >= 11 is 0. The summed E-state index contributed by atoms with van der Waals surface area (Å²) in [7, 11) is 0. The van der Waals surface area contributed by atoms with Crippen LogP contribution >= 0.6 is 0 Å². The molecule has 0 saturated carbocycles. The molecule has 2 aromatic carbocycles. The molecule has 0 spiro atoms. The molecule has 1 aromatic heterocycles. The largest absolute Gasteiger partial charge is 0.458 e. The normalized spacial score (nSPS) is 13.3. The first-order valence-electron chi connectivity index (χ1n) is 10.1. The van der Waals surface area contributed by atoms with Crippen molar-refractivity contribution in [2.45, 2.75) is 32.2 Å². The Balaban J connectivity index is 1.41. The van der Waals surface area contributed by atoms with Crippen molar-refractivity contribution in [2.24, 2.45) is 0 Å². The molecule has 0 saturated heterocycles. The number of aryl methyl sites for hydroxylation is 1. The van der Waals surface area contributed by atoms with Crippen molar-refractivity contribution < 1.29 is 19.1 Å². The van der Waals surface area contributed by atoms with Crippen molar-refractivity contribution in [3.8, 4) is 0 Å². The molecule has 0 N–H and O–H groups in total. The fraction of sp³-hybridized carbons (Fsp3) is 0.304. The number of nitrogens with zero attached hydrogens (tertiary/aromatic N) is 2. The molecular formula is C23H22N2O5. The first-order chi connectivity index (χ1) is 14.6. The van der Waals surface area contributed by atoms with Crippen molar-refractivity contribution in [3.63, 3.8) is 0 Å². The van der Waals surface area contributed by atoms with E-state index in [1.54, 1.807) is 47.0 Å². The van der Waals surface area contributed by atoms with Crippen LogP contribution in [-0.4, -0.2) is 34.7 Å². The van der Waals surface area contributed by atoms with Gasteiger partial charge in [0.25, 0.3) is 5.56 Å². The van der Waals surface area contributed by atoms with Gasteiger partial charge in [0.15, 0.2) is 0 Å². The monoisotopic (exact) mass is 406 g/mol.